The van der Waals surface area contributed by atoms with Gasteiger partial charge in [0.1, 0.15) is 0 Å². The highest BCUT2D eigenvalue weighted by atomic mass is 32.2. The highest BCUT2D eigenvalue weighted by molar-refractivity contribution is 7.86. The van der Waals surface area contributed by atoms with Gasteiger partial charge in [-0.25, -0.2) is 0 Å². The molecule has 0 saturated carbocycles. The first-order chi connectivity index (χ1) is 6.52. The molecular weight excluding hydrogens is 204 g/mol. The molecule has 0 saturated heterocycles. The lowest BCUT2D eigenvalue weighted by Gasteiger charge is -2.13. The lowest BCUT2D eigenvalue weighted by Crippen LogP contribution is -2.33. The summed E-state index contributed by atoms with van der Waals surface area (Å²) in [6, 6.07) is 0. The van der Waals surface area contributed by atoms with Gasteiger partial charge < -0.3 is 9.84 Å². The molecule has 14 heavy (non-hydrogen) atoms. The van der Waals surface area contributed by atoms with Crippen molar-refractivity contribution in [3.63, 3.8) is 0 Å². The number of hydrogen-bond acceptors (Lipinski definition) is 3. The van der Waals surface area contributed by atoms with Crippen molar-refractivity contribution in [3.8, 4) is 0 Å². The van der Waals surface area contributed by atoms with Crippen molar-refractivity contribution in [2.45, 2.75) is 25.5 Å². The number of methoxy groups -OCH3 is 1. The Morgan fingerprint density at radius 1 is 1.57 bits per heavy atom. The maximum absolute atomic E-state index is 11.6. The summed E-state index contributed by atoms with van der Waals surface area (Å²) in [7, 11) is 0.0708. The third kappa shape index (κ3) is 4.72. The summed E-state index contributed by atoms with van der Waals surface area (Å²) >= 11 is 0. The van der Waals surface area contributed by atoms with Gasteiger partial charge >= 0.3 is 5.97 Å². The van der Waals surface area contributed by atoms with Gasteiger partial charge in [-0.1, -0.05) is 20.3 Å². The molecule has 4 nitrogen and oxygen atoms in total. The maximum Gasteiger partial charge on any atom is 0.321 e. The molecule has 0 aliphatic carbocycles. The van der Waals surface area contributed by atoms with Gasteiger partial charge in [0, 0.05) is 23.7 Å². The van der Waals surface area contributed by atoms with Crippen molar-refractivity contribution in [2.24, 2.45) is 5.92 Å². The molecule has 3 atom stereocenters. The Morgan fingerprint density at radius 2 is 2.14 bits per heavy atom. The van der Waals surface area contributed by atoms with E-state index in [2.05, 4.69) is 0 Å². The fourth-order valence-corrected chi connectivity index (χ4v) is 2.47. The van der Waals surface area contributed by atoms with Crippen LogP contribution in [-0.2, 0) is 20.3 Å². The van der Waals surface area contributed by atoms with Crippen molar-refractivity contribution in [2.75, 3.05) is 19.5 Å². The van der Waals surface area contributed by atoms with Crippen molar-refractivity contribution in [1.82, 2.24) is 0 Å². The van der Waals surface area contributed by atoms with Crippen molar-refractivity contribution in [3.05, 3.63) is 0 Å². The SMILES string of the molecule is CCC(C)CS(=O)C(COC)C(=O)O. The number of aliphatic carboxylic acids is 1. The van der Waals surface area contributed by atoms with Crippen molar-refractivity contribution in [1.29, 1.82) is 0 Å². The van der Waals surface area contributed by atoms with E-state index in [1.54, 1.807) is 0 Å². The quantitative estimate of drug-likeness (QED) is 0.694. The second-order valence-electron chi connectivity index (χ2n) is 3.34. The number of ether oxygens (including phenoxy) is 1. The van der Waals surface area contributed by atoms with Crippen LogP contribution in [0.2, 0.25) is 0 Å². The Morgan fingerprint density at radius 3 is 2.50 bits per heavy atom. The predicted octanol–water partition coefficient (Wildman–Crippen LogP) is 0.881. The first kappa shape index (κ1) is 13.6. The minimum Gasteiger partial charge on any atom is -0.480 e. The zero-order valence-corrected chi connectivity index (χ0v) is 9.67. The first-order valence-electron chi connectivity index (χ1n) is 4.61. The van der Waals surface area contributed by atoms with Crippen LogP contribution >= 0.6 is 0 Å². The molecule has 0 fully saturated rings. The molecule has 0 radical (unpaired) electrons. The van der Waals surface area contributed by atoms with Gasteiger partial charge in [-0.3, -0.25) is 9.00 Å². The van der Waals surface area contributed by atoms with E-state index in [1.165, 1.54) is 7.11 Å². The molecule has 0 spiro atoms. The molecule has 1 N–H and O–H groups in total. The summed E-state index contributed by atoms with van der Waals surface area (Å²) in [5.41, 5.74) is 0. The fraction of sp³-hybridized carbons (Fsp3) is 0.889. The number of carbonyl (C=O) groups is 1. The van der Waals surface area contributed by atoms with E-state index in [9.17, 15) is 9.00 Å². The fourth-order valence-electron chi connectivity index (χ4n) is 0.925. The molecule has 0 aliphatic rings. The zero-order valence-electron chi connectivity index (χ0n) is 8.86. The molecule has 0 heterocycles. The van der Waals surface area contributed by atoms with Gasteiger partial charge in [0.05, 0.1) is 6.61 Å². The van der Waals surface area contributed by atoms with E-state index in [1.807, 2.05) is 13.8 Å². The van der Waals surface area contributed by atoms with Crippen LogP contribution in [0.5, 0.6) is 0 Å². The van der Waals surface area contributed by atoms with Crippen LogP contribution in [0.4, 0.5) is 0 Å². The molecule has 0 aromatic rings. The number of carboxylic acid groups (broad SMARTS) is 1. The monoisotopic (exact) mass is 222 g/mol. The topological polar surface area (TPSA) is 63.6 Å². The molecule has 0 aromatic heterocycles. The summed E-state index contributed by atoms with van der Waals surface area (Å²) < 4.78 is 16.3. The van der Waals surface area contributed by atoms with Crippen LogP contribution in [0.1, 0.15) is 20.3 Å². The number of carboxylic acids is 1. The molecule has 5 heteroatoms. The minimum atomic E-state index is -1.34. The van der Waals surface area contributed by atoms with Gasteiger partial charge in [-0.15, -0.1) is 0 Å². The van der Waals surface area contributed by atoms with Gasteiger partial charge in [0.15, 0.2) is 5.25 Å². The molecule has 0 amide bonds. The molecule has 3 unspecified atom stereocenters. The molecule has 0 rings (SSSR count). The zero-order chi connectivity index (χ0) is 11.1. The number of rotatable bonds is 7. The molecule has 0 bridgehead atoms. The Bertz CT molecular complexity index is 205. The Balaban J connectivity index is 4.22. The Labute approximate surface area is 87.1 Å². The molecule has 0 aromatic carbocycles. The summed E-state index contributed by atoms with van der Waals surface area (Å²) in [4.78, 5) is 10.7. The lowest BCUT2D eigenvalue weighted by atomic mass is 10.2. The van der Waals surface area contributed by atoms with Crippen LogP contribution in [0.25, 0.3) is 0 Å². The highest BCUT2D eigenvalue weighted by Crippen LogP contribution is 2.07. The van der Waals surface area contributed by atoms with Crippen LogP contribution in [0.3, 0.4) is 0 Å². The summed E-state index contributed by atoms with van der Waals surface area (Å²) in [6.07, 6.45) is 0.908. The number of hydrogen-bond donors (Lipinski definition) is 1. The van der Waals surface area contributed by atoms with Crippen LogP contribution in [-0.4, -0.2) is 40.0 Å². The largest absolute Gasteiger partial charge is 0.480 e. The van der Waals surface area contributed by atoms with Gasteiger partial charge in [0.2, 0.25) is 0 Å². The average Bonchev–Trinajstić information content (AvgIpc) is 2.13. The Kier molecular flexibility index (Phi) is 6.74. The highest BCUT2D eigenvalue weighted by Gasteiger charge is 2.25. The first-order valence-corrected chi connectivity index (χ1v) is 6.00. The third-order valence-electron chi connectivity index (χ3n) is 2.06. The molecule has 84 valence electrons. The molecule has 0 aliphatic heterocycles. The maximum atomic E-state index is 11.6. The molecular formula is C9H18O4S. The standard InChI is InChI=1S/C9H18O4S/c1-4-7(2)6-14(12)8(5-13-3)9(10)11/h7-8H,4-6H2,1-3H3,(H,10,11). The van der Waals surface area contributed by atoms with E-state index in [0.29, 0.717) is 5.75 Å². The van der Waals surface area contributed by atoms with Gasteiger partial charge in [-0.2, -0.15) is 0 Å². The Hall–Kier alpha value is -0.420. The summed E-state index contributed by atoms with van der Waals surface area (Å²) in [5, 5.41) is 7.89. The van der Waals surface area contributed by atoms with E-state index < -0.39 is 22.0 Å². The second-order valence-corrected chi connectivity index (χ2v) is 5.01. The lowest BCUT2D eigenvalue weighted by molar-refractivity contribution is -0.137. The minimum absolute atomic E-state index is 0.0123. The van der Waals surface area contributed by atoms with E-state index >= 15 is 0 Å². The summed E-state index contributed by atoms with van der Waals surface area (Å²) in [5.74, 6) is -0.334. The van der Waals surface area contributed by atoms with Crippen LogP contribution in [0, 0.1) is 5.92 Å². The van der Waals surface area contributed by atoms with Crippen LogP contribution < -0.4 is 0 Å². The van der Waals surface area contributed by atoms with Crippen molar-refractivity contribution < 1.29 is 18.8 Å². The van der Waals surface area contributed by atoms with Gasteiger partial charge in [0.25, 0.3) is 0 Å². The normalized spacial score (nSPS) is 17.4. The summed E-state index contributed by atoms with van der Waals surface area (Å²) in [6.45, 7) is 3.97. The second kappa shape index (κ2) is 6.95. The van der Waals surface area contributed by atoms with E-state index in [0.717, 1.165) is 6.42 Å². The average molecular weight is 222 g/mol. The van der Waals surface area contributed by atoms with E-state index in [4.69, 9.17) is 9.84 Å². The van der Waals surface area contributed by atoms with Gasteiger partial charge in [-0.05, 0) is 5.92 Å². The van der Waals surface area contributed by atoms with Crippen molar-refractivity contribution >= 4 is 16.8 Å². The third-order valence-corrected chi connectivity index (χ3v) is 3.93. The van der Waals surface area contributed by atoms with Crippen LogP contribution in [0.15, 0.2) is 0 Å². The smallest absolute Gasteiger partial charge is 0.321 e. The van der Waals surface area contributed by atoms with E-state index in [-0.39, 0.29) is 12.5 Å². The predicted molar refractivity (Wildman–Crippen MR) is 55.8 cm³/mol.